The number of hydrazine groups is 1. The summed E-state index contributed by atoms with van der Waals surface area (Å²) in [5, 5.41) is 0. The van der Waals surface area contributed by atoms with Gasteiger partial charge in [0.15, 0.2) is 0 Å². The van der Waals surface area contributed by atoms with Crippen molar-refractivity contribution in [1.29, 1.82) is 0 Å². The summed E-state index contributed by atoms with van der Waals surface area (Å²) in [6.45, 7) is 0. The van der Waals surface area contributed by atoms with Gasteiger partial charge < -0.3 is 0 Å². The zero-order valence-electron chi connectivity index (χ0n) is 9.53. The Morgan fingerprint density at radius 2 is 2.00 bits per heavy atom. The Hall–Kier alpha value is -1.00. The molecule has 1 aromatic rings. The lowest BCUT2D eigenvalue weighted by Gasteiger charge is -2.02. The summed E-state index contributed by atoms with van der Waals surface area (Å²) in [6, 6.07) is 8.56. The summed E-state index contributed by atoms with van der Waals surface area (Å²) in [6.07, 6.45) is 5.51. The lowest BCUT2D eigenvalue weighted by Crippen LogP contribution is -2.29. The van der Waals surface area contributed by atoms with E-state index >= 15 is 0 Å². The Morgan fingerprint density at radius 3 is 2.56 bits per heavy atom. The lowest BCUT2D eigenvalue weighted by atomic mass is 10.1. The molecule has 0 bridgehead atoms. The van der Waals surface area contributed by atoms with Gasteiger partial charge in [0.1, 0.15) is 0 Å². The van der Waals surface area contributed by atoms with Gasteiger partial charge in [-0.25, -0.2) is 5.84 Å². The van der Waals surface area contributed by atoms with Gasteiger partial charge >= 0.3 is 0 Å². The molecule has 3 N–H and O–H groups in total. The van der Waals surface area contributed by atoms with Crippen LogP contribution in [0.2, 0.25) is 0 Å². The number of nitrogens with one attached hydrogen (secondary N) is 1. The molecule has 0 spiro atoms. The van der Waals surface area contributed by atoms with Crippen LogP contribution in [0.1, 0.15) is 24.8 Å². The molecule has 0 atom stereocenters. The molecular formula is C12H18N2OS. The normalized spacial score (nSPS) is 10.1. The second kappa shape index (κ2) is 7.30. The third-order valence-electron chi connectivity index (χ3n) is 2.44. The van der Waals surface area contributed by atoms with Gasteiger partial charge in [0, 0.05) is 11.3 Å². The van der Waals surface area contributed by atoms with Crippen LogP contribution >= 0.6 is 11.8 Å². The van der Waals surface area contributed by atoms with Crippen LogP contribution in [0.5, 0.6) is 0 Å². The summed E-state index contributed by atoms with van der Waals surface area (Å²) in [5.74, 6) is 4.91. The summed E-state index contributed by atoms with van der Waals surface area (Å²) in [7, 11) is 0. The van der Waals surface area contributed by atoms with Crippen molar-refractivity contribution in [1.82, 2.24) is 5.43 Å². The monoisotopic (exact) mass is 238 g/mol. The van der Waals surface area contributed by atoms with Gasteiger partial charge in [-0.1, -0.05) is 12.1 Å². The highest BCUT2D eigenvalue weighted by Gasteiger charge is 1.98. The first-order valence-corrected chi connectivity index (χ1v) is 6.61. The first kappa shape index (κ1) is 13.1. The molecule has 1 aromatic carbocycles. The minimum Gasteiger partial charge on any atom is -0.294 e. The third kappa shape index (κ3) is 4.68. The van der Waals surface area contributed by atoms with Crippen LogP contribution in [0, 0.1) is 0 Å². The number of amides is 1. The number of carbonyl (C=O) groups is 1. The van der Waals surface area contributed by atoms with E-state index in [-0.39, 0.29) is 5.91 Å². The van der Waals surface area contributed by atoms with Crippen LogP contribution in [0.4, 0.5) is 0 Å². The van der Waals surface area contributed by atoms with Crippen molar-refractivity contribution in [2.24, 2.45) is 5.84 Å². The van der Waals surface area contributed by atoms with Crippen molar-refractivity contribution in [2.45, 2.75) is 30.6 Å². The van der Waals surface area contributed by atoms with Gasteiger partial charge in [0.2, 0.25) is 5.91 Å². The van der Waals surface area contributed by atoms with E-state index in [0.717, 1.165) is 19.3 Å². The van der Waals surface area contributed by atoms with Gasteiger partial charge in [0.25, 0.3) is 0 Å². The van der Waals surface area contributed by atoms with E-state index < -0.39 is 0 Å². The Labute approximate surface area is 101 Å². The number of hydrogen-bond acceptors (Lipinski definition) is 3. The molecule has 0 heterocycles. The molecule has 88 valence electrons. The fraction of sp³-hybridized carbons (Fsp3) is 0.417. The minimum absolute atomic E-state index is 0.0854. The quantitative estimate of drug-likeness (QED) is 0.262. The molecule has 0 aliphatic carbocycles. The SMILES string of the molecule is CSc1ccc(CCCCC(=O)NN)cc1. The third-order valence-corrected chi connectivity index (χ3v) is 3.18. The molecule has 0 unspecified atom stereocenters. The van der Waals surface area contributed by atoms with Crippen molar-refractivity contribution in [3.63, 3.8) is 0 Å². The first-order valence-electron chi connectivity index (χ1n) is 5.38. The van der Waals surface area contributed by atoms with Crippen LogP contribution in [0.3, 0.4) is 0 Å². The van der Waals surface area contributed by atoms with Crippen molar-refractivity contribution in [3.05, 3.63) is 29.8 Å². The largest absolute Gasteiger partial charge is 0.294 e. The van der Waals surface area contributed by atoms with E-state index in [0.29, 0.717) is 6.42 Å². The van der Waals surface area contributed by atoms with Crippen molar-refractivity contribution >= 4 is 17.7 Å². The van der Waals surface area contributed by atoms with E-state index in [2.05, 4.69) is 35.9 Å². The van der Waals surface area contributed by atoms with Crippen LogP contribution in [-0.2, 0) is 11.2 Å². The lowest BCUT2D eigenvalue weighted by molar-refractivity contribution is -0.121. The van der Waals surface area contributed by atoms with Crippen molar-refractivity contribution in [2.75, 3.05) is 6.26 Å². The molecule has 0 aliphatic heterocycles. The van der Waals surface area contributed by atoms with Crippen LogP contribution in [-0.4, -0.2) is 12.2 Å². The molecule has 0 saturated heterocycles. The van der Waals surface area contributed by atoms with Crippen molar-refractivity contribution in [3.8, 4) is 0 Å². The second-order valence-corrected chi connectivity index (χ2v) is 4.50. The maximum atomic E-state index is 10.9. The smallest absolute Gasteiger partial charge is 0.233 e. The Bertz CT molecular complexity index is 324. The number of unbranched alkanes of at least 4 members (excludes halogenated alkanes) is 1. The predicted octanol–water partition coefficient (Wildman–Crippen LogP) is 2.11. The molecule has 0 aliphatic rings. The molecule has 0 saturated carbocycles. The van der Waals surface area contributed by atoms with E-state index in [1.807, 2.05) is 0 Å². The average molecular weight is 238 g/mol. The molecule has 1 amide bonds. The highest BCUT2D eigenvalue weighted by atomic mass is 32.2. The van der Waals surface area contributed by atoms with Crippen LogP contribution in [0.15, 0.2) is 29.2 Å². The number of hydrogen-bond donors (Lipinski definition) is 2. The molecule has 1 rings (SSSR count). The van der Waals surface area contributed by atoms with Crippen molar-refractivity contribution < 1.29 is 4.79 Å². The number of aryl methyl sites for hydroxylation is 1. The maximum absolute atomic E-state index is 10.9. The van der Waals surface area contributed by atoms with E-state index in [1.54, 1.807) is 11.8 Å². The first-order chi connectivity index (χ1) is 7.76. The number of nitrogens with two attached hydrogens (primary N) is 1. The number of carbonyl (C=O) groups excluding carboxylic acids is 1. The average Bonchev–Trinajstić information content (AvgIpc) is 2.35. The van der Waals surface area contributed by atoms with Gasteiger partial charge in [-0.3, -0.25) is 10.2 Å². The summed E-state index contributed by atoms with van der Waals surface area (Å²) in [4.78, 5) is 12.2. The van der Waals surface area contributed by atoms with E-state index in [1.165, 1.54) is 10.5 Å². The molecule has 0 fully saturated rings. The van der Waals surface area contributed by atoms with Crippen LogP contribution in [0.25, 0.3) is 0 Å². The number of rotatable bonds is 6. The number of benzene rings is 1. The Morgan fingerprint density at radius 1 is 1.31 bits per heavy atom. The second-order valence-electron chi connectivity index (χ2n) is 3.62. The topological polar surface area (TPSA) is 55.1 Å². The summed E-state index contributed by atoms with van der Waals surface area (Å²) in [5.41, 5.74) is 3.46. The van der Waals surface area contributed by atoms with Gasteiger partial charge in [-0.05, 0) is 43.2 Å². The molecule has 4 heteroatoms. The fourth-order valence-corrected chi connectivity index (χ4v) is 1.89. The Kier molecular flexibility index (Phi) is 5.96. The van der Waals surface area contributed by atoms with Gasteiger partial charge in [-0.15, -0.1) is 11.8 Å². The van der Waals surface area contributed by atoms with E-state index in [4.69, 9.17) is 5.84 Å². The Balaban J connectivity index is 2.24. The molecule has 16 heavy (non-hydrogen) atoms. The maximum Gasteiger partial charge on any atom is 0.233 e. The standard InChI is InChI=1S/C12H18N2OS/c1-16-11-8-6-10(7-9-11)4-2-3-5-12(15)14-13/h6-9H,2-5,13H2,1H3,(H,14,15). The molecule has 0 aromatic heterocycles. The number of thioether (sulfide) groups is 1. The molecule has 3 nitrogen and oxygen atoms in total. The fourth-order valence-electron chi connectivity index (χ4n) is 1.48. The predicted molar refractivity (Wildman–Crippen MR) is 68.1 cm³/mol. The summed E-state index contributed by atoms with van der Waals surface area (Å²) < 4.78 is 0. The minimum atomic E-state index is -0.0854. The van der Waals surface area contributed by atoms with Crippen LogP contribution < -0.4 is 11.3 Å². The van der Waals surface area contributed by atoms with Gasteiger partial charge in [0.05, 0.1) is 0 Å². The molecule has 0 radical (unpaired) electrons. The van der Waals surface area contributed by atoms with E-state index in [9.17, 15) is 4.79 Å². The highest BCUT2D eigenvalue weighted by Crippen LogP contribution is 2.16. The summed E-state index contributed by atoms with van der Waals surface area (Å²) >= 11 is 1.75. The molecular weight excluding hydrogens is 220 g/mol. The zero-order valence-corrected chi connectivity index (χ0v) is 10.3. The highest BCUT2D eigenvalue weighted by molar-refractivity contribution is 7.98. The zero-order chi connectivity index (χ0) is 11.8. The van der Waals surface area contributed by atoms with Gasteiger partial charge in [-0.2, -0.15) is 0 Å².